The second kappa shape index (κ2) is 10.3. The summed E-state index contributed by atoms with van der Waals surface area (Å²) in [5.74, 6) is -0.888. The molecule has 1 heterocycles. The maximum absolute atomic E-state index is 12.9. The number of aromatic nitrogens is 2. The van der Waals surface area contributed by atoms with Crippen LogP contribution in [0.25, 0.3) is 10.9 Å². The molecule has 3 rings (SSSR count). The summed E-state index contributed by atoms with van der Waals surface area (Å²) in [6.45, 7) is 2.47. The van der Waals surface area contributed by atoms with E-state index in [0.717, 1.165) is 10.0 Å². The third-order valence-corrected chi connectivity index (χ3v) is 5.32. The molecule has 2 amide bonds. The van der Waals surface area contributed by atoms with Crippen LogP contribution in [0.3, 0.4) is 0 Å². The van der Waals surface area contributed by atoms with Gasteiger partial charge in [-0.2, -0.15) is 0 Å². The molecule has 0 atom stereocenters. The molecular weight excluding hydrogens is 467 g/mol. The normalized spacial score (nSPS) is 10.8. The monoisotopic (exact) mass is 488 g/mol. The zero-order chi connectivity index (χ0) is 22.4. The van der Waals surface area contributed by atoms with Gasteiger partial charge in [-0.05, 0) is 42.8 Å². The molecule has 0 unspecified atom stereocenters. The Bertz CT molecular complexity index is 1150. The van der Waals surface area contributed by atoms with Crippen molar-refractivity contribution in [2.24, 2.45) is 0 Å². The van der Waals surface area contributed by atoms with E-state index in [4.69, 9.17) is 0 Å². The first kappa shape index (κ1) is 22.6. The fourth-order valence-electron chi connectivity index (χ4n) is 3.07. The molecule has 1 aromatic heterocycles. The number of carbonyl (C=O) groups is 2. The molecule has 2 aromatic carbocycles. The van der Waals surface area contributed by atoms with Crippen LogP contribution >= 0.6 is 15.9 Å². The van der Waals surface area contributed by atoms with E-state index in [1.807, 2.05) is 6.07 Å². The van der Waals surface area contributed by atoms with Crippen LogP contribution in [0.4, 0.5) is 4.39 Å². The van der Waals surface area contributed by atoms with E-state index in [1.54, 1.807) is 31.2 Å². The second-order valence-electron chi connectivity index (χ2n) is 6.97. The van der Waals surface area contributed by atoms with Crippen molar-refractivity contribution in [1.29, 1.82) is 0 Å². The maximum Gasteiger partial charge on any atom is 0.261 e. The van der Waals surface area contributed by atoms with Crippen molar-refractivity contribution in [2.45, 2.75) is 26.4 Å². The minimum absolute atomic E-state index is 0.0696. The zero-order valence-corrected chi connectivity index (χ0v) is 18.6. The van der Waals surface area contributed by atoms with Crippen molar-refractivity contribution in [3.63, 3.8) is 0 Å². The predicted molar refractivity (Wildman–Crippen MR) is 119 cm³/mol. The van der Waals surface area contributed by atoms with E-state index in [1.165, 1.54) is 27.9 Å². The number of likely N-dealkylation sites (N-methyl/N-ethyl adjacent to an activating group) is 1. The summed E-state index contributed by atoms with van der Waals surface area (Å²) in [7, 11) is 0. The number of aryl methyl sites for hydroxylation is 1. The first-order valence-electron chi connectivity index (χ1n) is 9.81. The minimum atomic E-state index is -0.341. The summed E-state index contributed by atoms with van der Waals surface area (Å²) in [4.78, 5) is 43.1. The standard InChI is InChI=1S/C22H22BrFN4O3/c1-2-27(13-20(29)25-12-15-3-6-17(24)7-4-15)21(30)9-10-28-14-26-19-8-5-16(23)11-18(19)22(28)31/h3-8,11,14H,2,9-10,12-13H2,1H3,(H,25,29). The number of amides is 2. The number of fused-ring (bicyclic) bond motifs is 1. The lowest BCUT2D eigenvalue weighted by atomic mass is 10.2. The lowest BCUT2D eigenvalue weighted by Gasteiger charge is -2.20. The van der Waals surface area contributed by atoms with Crippen LogP contribution in [0.1, 0.15) is 18.9 Å². The Morgan fingerprint density at radius 2 is 1.94 bits per heavy atom. The van der Waals surface area contributed by atoms with Crippen LogP contribution in [0, 0.1) is 5.82 Å². The highest BCUT2D eigenvalue weighted by molar-refractivity contribution is 9.10. The lowest BCUT2D eigenvalue weighted by molar-refractivity contribution is -0.136. The average Bonchev–Trinajstić information content (AvgIpc) is 2.76. The van der Waals surface area contributed by atoms with Crippen LogP contribution in [0.2, 0.25) is 0 Å². The van der Waals surface area contributed by atoms with Crippen LogP contribution < -0.4 is 10.9 Å². The number of halogens is 2. The first-order valence-corrected chi connectivity index (χ1v) is 10.6. The van der Waals surface area contributed by atoms with Crippen molar-refractivity contribution >= 4 is 38.6 Å². The van der Waals surface area contributed by atoms with E-state index >= 15 is 0 Å². The molecule has 162 valence electrons. The smallest absolute Gasteiger partial charge is 0.261 e. The van der Waals surface area contributed by atoms with Crippen LogP contribution in [-0.4, -0.2) is 39.4 Å². The van der Waals surface area contributed by atoms with Gasteiger partial charge in [-0.3, -0.25) is 19.0 Å². The van der Waals surface area contributed by atoms with E-state index in [9.17, 15) is 18.8 Å². The molecule has 0 saturated carbocycles. The molecule has 7 nitrogen and oxygen atoms in total. The van der Waals surface area contributed by atoms with Crippen LogP contribution in [0.15, 0.2) is 58.1 Å². The fourth-order valence-corrected chi connectivity index (χ4v) is 3.43. The van der Waals surface area contributed by atoms with Crippen molar-refractivity contribution in [3.05, 3.63) is 75.0 Å². The molecule has 31 heavy (non-hydrogen) atoms. The summed E-state index contributed by atoms with van der Waals surface area (Å²) in [5.41, 5.74) is 1.13. The highest BCUT2D eigenvalue weighted by atomic mass is 79.9. The Labute approximate surface area is 187 Å². The fraction of sp³-hybridized carbons (Fsp3) is 0.273. The number of benzene rings is 2. The third kappa shape index (κ3) is 5.97. The van der Waals surface area contributed by atoms with Gasteiger partial charge in [0, 0.05) is 30.5 Å². The van der Waals surface area contributed by atoms with E-state index < -0.39 is 0 Å². The van der Waals surface area contributed by atoms with E-state index in [2.05, 4.69) is 26.2 Å². The third-order valence-electron chi connectivity index (χ3n) is 4.82. The number of carbonyl (C=O) groups excluding carboxylic acids is 2. The molecule has 0 aliphatic rings. The molecule has 0 aliphatic carbocycles. The Morgan fingerprint density at radius 1 is 1.19 bits per heavy atom. The molecule has 3 aromatic rings. The molecule has 9 heteroatoms. The molecule has 0 saturated heterocycles. The number of nitrogens with zero attached hydrogens (tertiary/aromatic N) is 3. The highest BCUT2D eigenvalue weighted by Crippen LogP contribution is 2.15. The molecular formula is C22H22BrFN4O3. The van der Waals surface area contributed by atoms with Gasteiger partial charge in [0.1, 0.15) is 5.82 Å². The van der Waals surface area contributed by atoms with Gasteiger partial charge in [0.15, 0.2) is 0 Å². The quantitative estimate of drug-likeness (QED) is 0.528. The van der Waals surface area contributed by atoms with E-state index in [-0.39, 0.29) is 49.2 Å². The topological polar surface area (TPSA) is 84.3 Å². The summed E-state index contributed by atoms with van der Waals surface area (Å²) in [5, 5.41) is 3.19. The number of hydrogen-bond acceptors (Lipinski definition) is 4. The first-order chi connectivity index (χ1) is 14.9. The Morgan fingerprint density at radius 3 is 2.65 bits per heavy atom. The number of nitrogens with one attached hydrogen (secondary N) is 1. The maximum atomic E-state index is 12.9. The lowest BCUT2D eigenvalue weighted by Crippen LogP contribution is -2.41. The Balaban J connectivity index is 1.56. The van der Waals surface area contributed by atoms with Gasteiger partial charge < -0.3 is 10.2 Å². The minimum Gasteiger partial charge on any atom is -0.350 e. The Kier molecular flexibility index (Phi) is 7.51. The molecule has 1 N–H and O–H groups in total. The van der Waals surface area contributed by atoms with E-state index in [0.29, 0.717) is 17.4 Å². The summed E-state index contributed by atoms with van der Waals surface area (Å²) < 4.78 is 15.1. The van der Waals surface area contributed by atoms with Gasteiger partial charge in [-0.15, -0.1) is 0 Å². The van der Waals surface area contributed by atoms with Crippen molar-refractivity contribution < 1.29 is 14.0 Å². The van der Waals surface area contributed by atoms with Crippen molar-refractivity contribution in [1.82, 2.24) is 19.8 Å². The summed E-state index contributed by atoms with van der Waals surface area (Å²) >= 11 is 3.34. The molecule has 0 radical (unpaired) electrons. The molecule has 0 spiro atoms. The molecule has 0 aliphatic heterocycles. The van der Waals surface area contributed by atoms with Crippen molar-refractivity contribution in [2.75, 3.05) is 13.1 Å². The van der Waals surface area contributed by atoms with Gasteiger partial charge in [0.25, 0.3) is 5.56 Å². The van der Waals surface area contributed by atoms with Gasteiger partial charge in [0.2, 0.25) is 11.8 Å². The summed E-state index contributed by atoms with van der Waals surface area (Å²) in [6.07, 6.45) is 1.50. The number of hydrogen-bond donors (Lipinski definition) is 1. The van der Waals surface area contributed by atoms with Crippen LogP contribution in [0.5, 0.6) is 0 Å². The second-order valence-corrected chi connectivity index (χ2v) is 7.88. The SMILES string of the molecule is CCN(CC(=O)NCc1ccc(F)cc1)C(=O)CCn1cnc2ccc(Br)cc2c1=O. The van der Waals surface area contributed by atoms with Gasteiger partial charge in [0.05, 0.1) is 23.8 Å². The van der Waals surface area contributed by atoms with Gasteiger partial charge >= 0.3 is 0 Å². The largest absolute Gasteiger partial charge is 0.350 e. The molecule has 0 bridgehead atoms. The van der Waals surface area contributed by atoms with Crippen molar-refractivity contribution in [3.8, 4) is 0 Å². The highest BCUT2D eigenvalue weighted by Gasteiger charge is 2.16. The van der Waals surface area contributed by atoms with Crippen LogP contribution in [-0.2, 0) is 22.7 Å². The summed E-state index contributed by atoms with van der Waals surface area (Å²) in [6, 6.07) is 11.1. The van der Waals surface area contributed by atoms with Gasteiger partial charge in [-0.25, -0.2) is 9.37 Å². The Hall–Kier alpha value is -3.07. The average molecular weight is 489 g/mol. The predicted octanol–water partition coefficient (Wildman–Crippen LogP) is 2.85. The van der Waals surface area contributed by atoms with Gasteiger partial charge in [-0.1, -0.05) is 28.1 Å². The number of rotatable bonds is 8. The molecule has 0 fully saturated rings. The zero-order valence-electron chi connectivity index (χ0n) is 17.0.